The first kappa shape index (κ1) is 10.6. The number of benzene rings is 2. The van der Waals surface area contributed by atoms with Gasteiger partial charge >= 0.3 is 0 Å². The summed E-state index contributed by atoms with van der Waals surface area (Å²) in [5.41, 5.74) is 4.79. The summed E-state index contributed by atoms with van der Waals surface area (Å²) in [5, 5.41) is 2.69. The Morgan fingerprint density at radius 3 is 2.71 bits per heavy atom. The summed E-state index contributed by atoms with van der Waals surface area (Å²) >= 11 is 0. The molecule has 1 aliphatic carbocycles. The number of rotatable bonds is 1. The van der Waals surface area contributed by atoms with Crippen LogP contribution in [0.15, 0.2) is 36.9 Å². The summed E-state index contributed by atoms with van der Waals surface area (Å²) < 4.78 is 0. The van der Waals surface area contributed by atoms with E-state index < -0.39 is 0 Å². The van der Waals surface area contributed by atoms with Crippen molar-refractivity contribution < 1.29 is 0 Å². The molecule has 0 spiro atoms. The lowest BCUT2D eigenvalue weighted by Crippen LogP contribution is -2.09. The largest absolute Gasteiger partial charge is 0.0984 e. The second kappa shape index (κ2) is 3.46. The van der Waals surface area contributed by atoms with Gasteiger partial charge in [-0.15, -0.1) is 0 Å². The van der Waals surface area contributed by atoms with E-state index in [1.54, 1.807) is 0 Å². The normalized spacial score (nSPS) is 17.1. The van der Waals surface area contributed by atoms with Gasteiger partial charge in [-0.2, -0.15) is 0 Å². The monoisotopic (exact) mass is 222 g/mol. The highest BCUT2D eigenvalue weighted by Gasteiger charge is 2.30. The molecule has 0 amide bonds. The van der Waals surface area contributed by atoms with Crippen LogP contribution in [0.5, 0.6) is 0 Å². The van der Waals surface area contributed by atoms with Crippen molar-refractivity contribution in [3.05, 3.63) is 53.6 Å². The van der Waals surface area contributed by atoms with Crippen LogP contribution in [0, 0.1) is 5.41 Å². The first-order chi connectivity index (χ1) is 8.11. The Balaban J connectivity index is 2.36. The minimum atomic E-state index is 0.400. The van der Waals surface area contributed by atoms with Crippen LogP contribution in [0.2, 0.25) is 0 Å². The Kier molecular flexibility index (Phi) is 2.16. The smallest absolute Gasteiger partial charge is 0.0109 e. The number of hydrogen-bond donors (Lipinski definition) is 0. The Hall–Kier alpha value is -1.56. The average molecular weight is 222 g/mol. The molecule has 1 aliphatic rings. The maximum absolute atomic E-state index is 4.01. The van der Waals surface area contributed by atoms with Crippen molar-refractivity contribution in [2.45, 2.75) is 26.7 Å². The zero-order chi connectivity index (χ0) is 12.0. The molecule has 0 aromatic heterocycles. The highest BCUT2D eigenvalue weighted by atomic mass is 14.3. The van der Waals surface area contributed by atoms with E-state index in [9.17, 15) is 0 Å². The molecule has 0 atom stereocenters. The summed E-state index contributed by atoms with van der Waals surface area (Å²) in [5.74, 6) is 0. The van der Waals surface area contributed by atoms with Crippen LogP contribution in [0.3, 0.4) is 0 Å². The molecule has 3 rings (SSSR count). The van der Waals surface area contributed by atoms with Gasteiger partial charge in [0.25, 0.3) is 0 Å². The van der Waals surface area contributed by atoms with Crippen molar-refractivity contribution in [1.29, 1.82) is 0 Å². The lowest BCUT2D eigenvalue weighted by atomic mass is 9.90. The van der Waals surface area contributed by atoms with Crippen LogP contribution in [-0.2, 0) is 12.8 Å². The molecule has 86 valence electrons. The van der Waals surface area contributed by atoms with E-state index in [1.165, 1.54) is 40.3 Å². The van der Waals surface area contributed by atoms with Gasteiger partial charge in [0.1, 0.15) is 0 Å². The van der Waals surface area contributed by atoms with E-state index in [2.05, 4.69) is 50.8 Å². The van der Waals surface area contributed by atoms with E-state index in [0.717, 1.165) is 0 Å². The molecule has 0 unspecified atom stereocenters. The van der Waals surface area contributed by atoms with Crippen LogP contribution in [0.1, 0.15) is 30.5 Å². The lowest BCUT2D eigenvalue weighted by molar-refractivity contribution is 0.392. The molecule has 0 N–H and O–H groups in total. The molecule has 2 aromatic carbocycles. The molecular formula is C17H18. The fourth-order valence-corrected chi connectivity index (χ4v) is 3.13. The van der Waals surface area contributed by atoms with Gasteiger partial charge in [0, 0.05) is 0 Å². The third-order valence-corrected chi connectivity index (χ3v) is 3.82. The van der Waals surface area contributed by atoms with Crippen molar-refractivity contribution in [1.82, 2.24) is 0 Å². The van der Waals surface area contributed by atoms with Gasteiger partial charge in [-0.3, -0.25) is 0 Å². The van der Waals surface area contributed by atoms with Gasteiger partial charge < -0.3 is 0 Å². The Morgan fingerprint density at radius 1 is 1.18 bits per heavy atom. The van der Waals surface area contributed by atoms with Crippen molar-refractivity contribution in [3.63, 3.8) is 0 Å². The molecule has 17 heavy (non-hydrogen) atoms. The second-order valence-electron chi connectivity index (χ2n) is 5.87. The van der Waals surface area contributed by atoms with Gasteiger partial charge in [-0.25, -0.2) is 0 Å². The molecule has 0 saturated carbocycles. The third kappa shape index (κ3) is 1.59. The van der Waals surface area contributed by atoms with E-state index in [-0.39, 0.29) is 0 Å². The van der Waals surface area contributed by atoms with Crippen LogP contribution in [-0.4, -0.2) is 0 Å². The van der Waals surface area contributed by atoms with Gasteiger partial charge in [-0.1, -0.05) is 56.8 Å². The molecule has 0 saturated heterocycles. The molecular weight excluding hydrogens is 204 g/mol. The summed E-state index contributed by atoms with van der Waals surface area (Å²) in [6, 6.07) is 11.0. The Bertz CT molecular complexity index is 603. The quantitative estimate of drug-likeness (QED) is 0.661. The highest BCUT2D eigenvalue weighted by Crippen LogP contribution is 2.41. The van der Waals surface area contributed by atoms with E-state index in [1.807, 2.05) is 6.08 Å². The molecule has 2 aromatic rings. The van der Waals surface area contributed by atoms with E-state index in [4.69, 9.17) is 0 Å². The predicted molar refractivity (Wildman–Crippen MR) is 75.2 cm³/mol. The fourth-order valence-electron chi connectivity index (χ4n) is 3.13. The minimum Gasteiger partial charge on any atom is -0.0984 e. The predicted octanol–water partition coefficient (Wildman–Crippen LogP) is 4.61. The van der Waals surface area contributed by atoms with Crippen molar-refractivity contribution in [2.75, 3.05) is 0 Å². The number of hydrogen-bond acceptors (Lipinski definition) is 0. The molecule has 0 radical (unpaired) electrons. The van der Waals surface area contributed by atoms with Crippen molar-refractivity contribution in [2.24, 2.45) is 5.41 Å². The zero-order valence-electron chi connectivity index (χ0n) is 10.6. The summed E-state index contributed by atoms with van der Waals surface area (Å²) in [7, 11) is 0. The van der Waals surface area contributed by atoms with E-state index >= 15 is 0 Å². The maximum Gasteiger partial charge on any atom is -0.0109 e. The summed E-state index contributed by atoms with van der Waals surface area (Å²) in [4.78, 5) is 0. The first-order valence-corrected chi connectivity index (χ1v) is 6.27. The molecule has 0 nitrogen and oxygen atoms in total. The first-order valence-electron chi connectivity index (χ1n) is 6.27. The van der Waals surface area contributed by atoms with Crippen LogP contribution >= 0.6 is 0 Å². The summed E-state index contributed by atoms with van der Waals surface area (Å²) in [6.07, 6.45) is 4.39. The van der Waals surface area contributed by atoms with Crippen molar-refractivity contribution in [3.8, 4) is 0 Å². The van der Waals surface area contributed by atoms with Gasteiger partial charge in [-0.05, 0) is 45.7 Å². The van der Waals surface area contributed by atoms with Crippen LogP contribution in [0.4, 0.5) is 0 Å². The highest BCUT2D eigenvalue weighted by molar-refractivity contribution is 5.93. The number of fused-ring (bicyclic) bond motifs is 2. The SMILES string of the molecule is C=Cc1c2c(cc3ccccc13)CC(C)(C)C2. The maximum atomic E-state index is 4.01. The topological polar surface area (TPSA) is 0 Å². The zero-order valence-corrected chi connectivity index (χ0v) is 10.6. The van der Waals surface area contributed by atoms with E-state index in [0.29, 0.717) is 5.41 Å². The minimum absolute atomic E-state index is 0.400. The van der Waals surface area contributed by atoms with Gasteiger partial charge in [0.2, 0.25) is 0 Å². The lowest BCUT2D eigenvalue weighted by Gasteiger charge is -2.15. The van der Waals surface area contributed by atoms with Crippen LogP contribution < -0.4 is 0 Å². The summed E-state index contributed by atoms with van der Waals surface area (Å²) in [6.45, 7) is 8.71. The average Bonchev–Trinajstić information content (AvgIpc) is 2.59. The fraction of sp³-hybridized carbons (Fsp3) is 0.294. The van der Waals surface area contributed by atoms with Crippen molar-refractivity contribution >= 4 is 16.8 Å². The molecule has 0 heteroatoms. The Morgan fingerprint density at radius 2 is 1.94 bits per heavy atom. The van der Waals surface area contributed by atoms with Gasteiger partial charge in [0.05, 0.1) is 0 Å². The third-order valence-electron chi connectivity index (χ3n) is 3.82. The Labute approximate surface area is 103 Å². The van der Waals surface area contributed by atoms with Crippen LogP contribution in [0.25, 0.3) is 16.8 Å². The van der Waals surface area contributed by atoms with Gasteiger partial charge in [0.15, 0.2) is 0 Å². The standard InChI is InChI=1S/C17H18/c1-4-14-15-8-6-5-7-12(15)9-13-10-17(2,3)11-16(13)14/h4-9H,1,10-11H2,2-3H3. The molecule has 0 heterocycles. The molecule has 0 bridgehead atoms. The molecule has 0 aliphatic heterocycles. The molecule has 0 fully saturated rings. The second-order valence-corrected chi connectivity index (χ2v) is 5.87.